The van der Waals surface area contributed by atoms with E-state index < -0.39 is 8.07 Å². The van der Waals surface area contributed by atoms with Gasteiger partial charge < -0.3 is 5.11 Å². The highest BCUT2D eigenvalue weighted by Crippen LogP contribution is 2.45. The van der Waals surface area contributed by atoms with Gasteiger partial charge in [-0.25, -0.2) is 4.98 Å². The summed E-state index contributed by atoms with van der Waals surface area (Å²) in [6.07, 6.45) is 1.96. The molecule has 3 aromatic carbocycles. The Morgan fingerprint density at radius 2 is 1.32 bits per heavy atom. The minimum Gasteiger partial charge on any atom is -0.507 e. The van der Waals surface area contributed by atoms with Crippen LogP contribution in [0, 0.1) is 0 Å². The number of hydrogen-bond acceptors (Lipinski definition) is 4. The fourth-order valence-electron chi connectivity index (χ4n) is 5.52. The number of hydrogen-bond donors (Lipinski definition) is 1. The standard InChI is InChI=1S/C39H48N2OSSi/c1-37(2,3)26-19-24(18-25(20-26)32-23-28(16-17-40-32)44(10,11)12)29-14-13-15-33-34(29)41-36(43-33)30-21-27(38(4,5)6)22-31(35(30)42)39(7,8)9/h13-23,42H,1-12H3. The number of fused-ring (bicyclic) bond motifs is 1. The second-order valence-electron chi connectivity index (χ2n) is 16.3. The van der Waals surface area contributed by atoms with Crippen molar-refractivity contribution in [1.29, 1.82) is 0 Å². The number of aromatic hydroxyl groups is 1. The molecule has 0 fully saturated rings. The van der Waals surface area contributed by atoms with Gasteiger partial charge in [-0.3, -0.25) is 4.98 Å². The maximum absolute atomic E-state index is 11.6. The van der Waals surface area contributed by atoms with Gasteiger partial charge in [0.25, 0.3) is 0 Å². The van der Waals surface area contributed by atoms with Crippen LogP contribution in [0.4, 0.5) is 0 Å². The van der Waals surface area contributed by atoms with Crippen molar-refractivity contribution in [2.24, 2.45) is 0 Å². The first-order valence-corrected chi connectivity index (χ1v) is 20.0. The van der Waals surface area contributed by atoms with E-state index in [0.29, 0.717) is 5.75 Å². The highest BCUT2D eigenvalue weighted by atomic mass is 32.1. The predicted molar refractivity (Wildman–Crippen MR) is 194 cm³/mol. The van der Waals surface area contributed by atoms with Gasteiger partial charge in [0.2, 0.25) is 0 Å². The Balaban J connectivity index is 1.73. The van der Waals surface area contributed by atoms with E-state index >= 15 is 0 Å². The van der Waals surface area contributed by atoms with Crippen LogP contribution in [0.15, 0.2) is 66.9 Å². The van der Waals surface area contributed by atoms with Gasteiger partial charge in [-0.2, -0.15) is 0 Å². The molecule has 44 heavy (non-hydrogen) atoms. The second-order valence-corrected chi connectivity index (χ2v) is 22.4. The van der Waals surface area contributed by atoms with Gasteiger partial charge in [0, 0.05) is 22.9 Å². The van der Waals surface area contributed by atoms with Crippen LogP contribution in [0.2, 0.25) is 19.6 Å². The number of aromatic nitrogens is 2. The summed E-state index contributed by atoms with van der Waals surface area (Å²) in [4.78, 5) is 10.1. The molecule has 2 aromatic heterocycles. The van der Waals surface area contributed by atoms with Crippen LogP contribution >= 0.6 is 11.3 Å². The van der Waals surface area contributed by atoms with Crippen molar-refractivity contribution >= 4 is 34.8 Å². The molecule has 0 aliphatic heterocycles. The summed E-state index contributed by atoms with van der Waals surface area (Å²) in [6, 6.07) is 22.1. The van der Waals surface area contributed by atoms with Crippen molar-refractivity contribution in [3.05, 3.63) is 83.6 Å². The number of phenols is 1. The lowest BCUT2D eigenvalue weighted by Crippen LogP contribution is -2.37. The molecule has 0 aliphatic rings. The molecule has 3 nitrogen and oxygen atoms in total. The summed E-state index contributed by atoms with van der Waals surface area (Å²) in [5.41, 5.74) is 9.28. The maximum atomic E-state index is 11.6. The first kappa shape index (κ1) is 32.1. The third-order valence-electron chi connectivity index (χ3n) is 8.47. The number of pyridine rings is 1. The molecule has 0 amide bonds. The monoisotopic (exact) mass is 620 g/mol. The Labute approximate surface area is 269 Å². The van der Waals surface area contributed by atoms with Gasteiger partial charge in [0.1, 0.15) is 10.8 Å². The molecular formula is C39H48N2OSSi. The fourth-order valence-corrected chi connectivity index (χ4v) is 7.67. The maximum Gasteiger partial charge on any atom is 0.129 e. The number of benzene rings is 3. The second kappa shape index (κ2) is 11.0. The quantitative estimate of drug-likeness (QED) is 0.203. The molecule has 2 heterocycles. The first-order valence-electron chi connectivity index (χ1n) is 15.6. The topological polar surface area (TPSA) is 46.0 Å². The highest BCUT2D eigenvalue weighted by Gasteiger charge is 2.27. The molecule has 230 valence electrons. The van der Waals surface area contributed by atoms with E-state index in [0.717, 1.165) is 48.7 Å². The molecule has 0 saturated heterocycles. The number of rotatable bonds is 4. The normalized spacial score (nSPS) is 13.1. The Hall–Kier alpha value is -3.28. The number of phenolic OH excluding ortho intramolecular Hbond substituents is 1. The predicted octanol–water partition coefficient (Wildman–Crippen LogP) is 10.8. The van der Waals surface area contributed by atoms with Crippen LogP contribution < -0.4 is 5.19 Å². The van der Waals surface area contributed by atoms with Gasteiger partial charge in [-0.1, -0.05) is 111 Å². The highest BCUT2D eigenvalue weighted by molar-refractivity contribution is 7.21. The third kappa shape index (κ3) is 6.41. The van der Waals surface area contributed by atoms with Crippen molar-refractivity contribution in [3.8, 4) is 38.7 Å². The van der Waals surface area contributed by atoms with Crippen molar-refractivity contribution in [3.63, 3.8) is 0 Å². The summed E-state index contributed by atoms with van der Waals surface area (Å²) in [7, 11) is -1.50. The van der Waals surface area contributed by atoms with E-state index in [1.807, 2.05) is 6.20 Å². The third-order valence-corrected chi connectivity index (χ3v) is 11.6. The number of para-hydroxylation sites is 1. The van der Waals surface area contributed by atoms with E-state index in [2.05, 4.69) is 143 Å². The molecular weight excluding hydrogens is 573 g/mol. The molecule has 0 radical (unpaired) electrons. The average Bonchev–Trinajstić information content (AvgIpc) is 3.35. The van der Waals surface area contributed by atoms with Gasteiger partial charge in [0.15, 0.2) is 0 Å². The van der Waals surface area contributed by atoms with Crippen LogP contribution in [0.3, 0.4) is 0 Å². The van der Waals surface area contributed by atoms with Gasteiger partial charge >= 0.3 is 0 Å². The molecule has 1 N–H and O–H groups in total. The molecule has 0 atom stereocenters. The Bertz CT molecular complexity index is 1860. The summed E-state index contributed by atoms with van der Waals surface area (Å²) in [5, 5.41) is 13.9. The van der Waals surface area contributed by atoms with E-state index in [1.54, 1.807) is 11.3 Å². The zero-order chi connectivity index (χ0) is 32.4. The van der Waals surface area contributed by atoms with Crippen LogP contribution in [-0.4, -0.2) is 23.1 Å². The van der Waals surface area contributed by atoms with E-state index in [9.17, 15) is 5.11 Å². The Morgan fingerprint density at radius 1 is 0.682 bits per heavy atom. The van der Waals surface area contributed by atoms with Crippen molar-refractivity contribution < 1.29 is 5.11 Å². The lowest BCUT2D eigenvalue weighted by atomic mass is 9.79. The van der Waals surface area contributed by atoms with Crippen LogP contribution in [0.1, 0.15) is 79.0 Å². The molecule has 0 spiro atoms. The Kier molecular flexibility index (Phi) is 8.00. The van der Waals surface area contributed by atoms with E-state index in [4.69, 9.17) is 9.97 Å². The van der Waals surface area contributed by atoms with Crippen molar-refractivity contribution in [2.75, 3.05) is 0 Å². The number of nitrogens with zero attached hydrogens (tertiary/aromatic N) is 2. The van der Waals surface area contributed by atoms with Crippen LogP contribution in [-0.2, 0) is 16.2 Å². The zero-order valence-corrected chi connectivity index (χ0v) is 30.4. The molecule has 5 heteroatoms. The SMILES string of the molecule is CC(C)(C)c1cc(-c2cc([Si](C)(C)C)ccn2)cc(-c2cccc3sc(-c4cc(C(C)(C)C)cc(C(C)(C)C)c4O)nc23)c1. The first-order chi connectivity index (χ1) is 20.2. The van der Waals surface area contributed by atoms with Crippen LogP contribution in [0.5, 0.6) is 5.75 Å². The summed E-state index contributed by atoms with van der Waals surface area (Å²) < 4.78 is 1.11. The molecule has 0 aliphatic carbocycles. The lowest BCUT2D eigenvalue weighted by molar-refractivity contribution is 0.446. The summed E-state index contributed by atoms with van der Waals surface area (Å²) >= 11 is 1.65. The molecule has 5 rings (SSSR count). The summed E-state index contributed by atoms with van der Waals surface area (Å²) in [5.74, 6) is 0.330. The molecule has 0 bridgehead atoms. The molecule has 5 aromatic rings. The fraction of sp³-hybridized carbons (Fsp3) is 0.385. The van der Waals surface area contributed by atoms with Gasteiger partial charge in [0.05, 0.1) is 29.5 Å². The van der Waals surface area contributed by atoms with Crippen molar-refractivity contribution in [2.45, 2.75) is 98.2 Å². The van der Waals surface area contributed by atoms with Crippen LogP contribution in [0.25, 0.3) is 43.2 Å². The summed E-state index contributed by atoms with van der Waals surface area (Å²) in [6.45, 7) is 27.1. The van der Waals surface area contributed by atoms with Gasteiger partial charge in [-0.15, -0.1) is 11.3 Å². The van der Waals surface area contributed by atoms with Gasteiger partial charge in [-0.05, 0) is 69.3 Å². The smallest absolute Gasteiger partial charge is 0.129 e. The lowest BCUT2D eigenvalue weighted by Gasteiger charge is -2.27. The minimum absolute atomic E-state index is 0.0369. The number of thiazole rings is 1. The minimum atomic E-state index is -1.50. The van der Waals surface area contributed by atoms with E-state index in [1.165, 1.54) is 16.3 Å². The Morgan fingerprint density at radius 3 is 1.93 bits per heavy atom. The largest absolute Gasteiger partial charge is 0.507 e. The van der Waals surface area contributed by atoms with E-state index in [-0.39, 0.29) is 16.2 Å². The zero-order valence-electron chi connectivity index (χ0n) is 28.6. The molecule has 0 unspecified atom stereocenters. The molecule has 0 saturated carbocycles. The van der Waals surface area contributed by atoms with Crippen molar-refractivity contribution in [1.82, 2.24) is 9.97 Å². The average molecular weight is 621 g/mol.